The monoisotopic (exact) mass is 490 g/mol. The first-order chi connectivity index (χ1) is 17.4. The molecule has 0 spiro atoms. The van der Waals surface area contributed by atoms with Crippen LogP contribution >= 0.6 is 0 Å². The molecule has 2 heterocycles. The van der Waals surface area contributed by atoms with Crippen LogP contribution in [0.3, 0.4) is 0 Å². The Balaban J connectivity index is 1.36. The molecule has 3 aromatic rings. The number of aryl methyl sites for hydroxylation is 3. The third-order valence-electron chi connectivity index (χ3n) is 6.17. The van der Waals surface area contributed by atoms with Crippen molar-refractivity contribution in [3.63, 3.8) is 0 Å². The Morgan fingerprint density at radius 3 is 2.72 bits per heavy atom. The van der Waals surface area contributed by atoms with Gasteiger partial charge in [-0.3, -0.25) is 4.79 Å². The molecule has 36 heavy (non-hydrogen) atoms. The largest absolute Gasteiger partial charge is 0.493 e. The Labute approximate surface area is 210 Å². The Kier molecular flexibility index (Phi) is 7.73. The van der Waals surface area contributed by atoms with Gasteiger partial charge in [0.1, 0.15) is 12.4 Å². The van der Waals surface area contributed by atoms with Crippen molar-refractivity contribution in [2.45, 2.75) is 46.3 Å². The molecule has 1 aliphatic heterocycles. The summed E-state index contributed by atoms with van der Waals surface area (Å²) >= 11 is 0. The van der Waals surface area contributed by atoms with E-state index in [1.807, 2.05) is 38.1 Å². The third-order valence-corrected chi connectivity index (χ3v) is 6.17. The second-order valence-electron chi connectivity index (χ2n) is 8.64. The average Bonchev–Trinajstić information content (AvgIpc) is 3.22. The van der Waals surface area contributed by atoms with E-state index in [0.717, 1.165) is 40.9 Å². The van der Waals surface area contributed by atoms with Crippen molar-refractivity contribution in [3.05, 3.63) is 76.7 Å². The molecule has 2 aromatic carbocycles. The van der Waals surface area contributed by atoms with Crippen molar-refractivity contribution >= 4 is 23.6 Å². The van der Waals surface area contributed by atoms with Gasteiger partial charge in [0.25, 0.3) is 5.91 Å². The number of anilines is 1. The first-order valence-corrected chi connectivity index (χ1v) is 11.9. The van der Waals surface area contributed by atoms with E-state index < -0.39 is 12.1 Å². The van der Waals surface area contributed by atoms with Gasteiger partial charge in [-0.25, -0.2) is 4.79 Å². The number of rotatable bonds is 8. The Bertz CT molecular complexity index is 1260. The molecule has 0 aliphatic carbocycles. The number of carbonyl (C=O) groups excluding carboxylic acids is 2. The summed E-state index contributed by atoms with van der Waals surface area (Å²) in [6.07, 6.45) is 3.82. The maximum absolute atomic E-state index is 13.0. The molecule has 8 heteroatoms. The molecule has 8 nitrogen and oxygen atoms in total. The highest BCUT2D eigenvalue weighted by Crippen LogP contribution is 2.30. The lowest BCUT2D eigenvalue weighted by Crippen LogP contribution is -2.42. The summed E-state index contributed by atoms with van der Waals surface area (Å²) in [5.41, 5.74) is 4.40. The fourth-order valence-corrected chi connectivity index (χ4v) is 4.18. The van der Waals surface area contributed by atoms with Gasteiger partial charge in [0, 0.05) is 18.3 Å². The van der Waals surface area contributed by atoms with Gasteiger partial charge in [-0.1, -0.05) is 29.4 Å². The first kappa shape index (κ1) is 25.0. The number of para-hydroxylation sites is 1. The van der Waals surface area contributed by atoms with Gasteiger partial charge in [-0.2, -0.15) is 0 Å². The highest BCUT2D eigenvalue weighted by atomic mass is 16.5. The van der Waals surface area contributed by atoms with Crippen molar-refractivity contribution in [3.8, 4) is 11.5 Å². The van der Waals surface area contributed by atoms with Crippen molar-refractivity contribution in [2.75, 3.05) is 18.6 Å². The molecular formula is C28H30N2O6. The number of methoxy groups -OCH3 is 1. The number of amides is 1. The number of nitrogens with zero attached hydrogens (tertiary/aromatic N) is 2. The second kappa shape index (κ2) is 11.1. The summed E-state index contributed by atoms with van der Waals surface area (Å²) in [4.78, 5) is 27.1. The zero-order valence-corrected chi connectivity index (χ0v) is 20.9. The molecule has 1 aromatic heterocycles. The number of hydrogen-bond acceptors (Lipinski definition) is 7. The molecule has 0 saturated heterocycles. The van der Waals surface area contributed by atoms with E-state index in [4.69, 9.17) is 18.7 Å². The average molecular weight is 491 g/mol. The molecule has 0 saturated carbocycles. The van der Waals surface area contributed by atoms with E-state index in [9.17, 15) is 9.59 Å². The Morgan fingerprint density at radius 1 is 1.17 bits per heavy atom. The minimum Gasteiger partial charge on any atom is -0.493 e. The maximum atomic E-state index is 13.0. The highest BCUT2D eigenvalue weighted by Gasteiger charge is 2.27. The van der Waals surface area contributed by atoms with Gasteiger partial charge < -0.3 is 23.6 Å². The summed E-state index contributed by atoms with van der Waals surface area (Å²) in [6, 6.07) is 13.1. The number of ether oxygens (including phenoxy) is 3. The number of fused-ring (bicyclic) bond motifs is 1. The molecule has 188 valence electrons. The molecule has 0 radical (unpaired) electrons. The van der Waals surface area contributed by atoms with E-state index in [2.05, 4.69) is 5.16 Å². The van der Waals surface area contributed by atoms with Crippen molar-refractivity contribution in [1.82, 2.24) is 5.16 Å². The Morgan fingerprint density at radius 2 is 1.97 bits per heavy atom. The predicted octanol–water partition coefficient (Wildman–Crippen LogP) is 4.80. The molecule has 1 aliphatic rings. The van der Waals surface area contributed by atoms with Gasteiger partial charge in [0.15, 0.2) is 17.6 Å². The van der Waals surface area contributed by atoms with E-state index >= 15 is 0 Å². The van der Waals surface area contributed by atoms with Crippen LogP contribution in [0.4, 0.5) is 5.69 Å². The lowest BCUT2D eigenvalue weighted by atomic mass is 10.0. The summed E-state index contributed by atoms with van der Waals surface area (Å²) in [5.74, 6) is 0.953. The smallest absolute Gasteiger partial charge is 0.331 e. The lowest BCUT2D eigenvalue weighted by molar-refractivity contribution is -0.149. The Hall–Kier alpha value is -4.07. The van der Waals surface area contributed by atoms with Crippen LogP contribution in [0.5, 0.6) is 11.5 Å². The summed E-state index contributed by atoms with van der Waals surface area (Å²) in [5, 5.41) is 3.93. The van der Waals surface area contributed by atoms with E-state index in [0.29, 0.717) is 30.4 Å². The van der Waals surface area contributed by atoms with Crippen molar-refractivity contribution in [1.29, 1.82) is 0 Å². The zero-order valence-electron chi connectivity index (χ0n) is 20.9. The van der Waals surface area contributed by atoms with Crippen LogP contribution in [-0.2, 0) is 27.4 Å². The topological polar surface area (TPSA) is 91.1 Å². The fraction of sp³-hybridized carbons (Fsp3) is 0.321. The van der Waals surface area contributed by atoms with Crippen LogP contribution in [0.2, 0.25) is 0 Å². The molecule has 0 N–H and O–H groups in total. The molecule has 0 fully saturated rings. The number of aromatic nitrogens is 1. The van der Waals surface area contributed by atoms with Gasteiger partial charge in [0.05, 0.1) is 18.4 Å². The minimum absolute atomic E-state index is 0.231. The number of esters is 1. The van der Waals surface area contributed by atoms with E-state index in [1.165, 1.54) is 6.08 Å². The van der Waals surface area contributed by atoms with Gasteiger partial charge >= 0.3 is 5.97 Å². The summed E-state index contributed by atoms with van der Waals surface area (Å²) in [6.45, 7) is 6.20. The SMILES string of the molecule is COc1cc(/C=C/C(=O)OC(C)C(=O)N2CCCc3ccccc32)ccc1OCc1c(C)noc1C. The zero-order chi connectivity index (χ0) is 25.7. The second-order valence-corrected chi connectivity index (χ2v) is 8.64. The van der Waals surface area contributed by atoms with E-state index in [1.54, 1.807) is 43.2 Å². The van der Waals surface area contributed by atoms with Crippen LogP contribution in [0.25, 0.3) is 6.08 Å². The van der Waals surface area contributed by atoms with Crippen LogP contribution in [0, 0.1) is 13.8 Å². The number of carbonyl (C=O) groups is 2. The molecule has 4 rings (SSSR count). The first-order valence-electron chi connectivity index (χ1n) is 11.9. The van der Waals surface area contributed by atoms with Gasteiger partial charge in [-0.15, -0.1) is 0 Å². The van der Waals surface area contributed by atoms with Crippen LogP contribution < -0.4 is 14.4 Å². The maximum Gasteiger partial charge on any atom is 0.331 e. The third kappa shape index (κ3) is 5.59. The van der Waals surface area contributed by atoms with Crippen LogP contribution in [0.1, 0.15) is 41.5 Å². The van der Waals surface area contributed by atoms with Crippen LogP contribution in [0.15, 0.2) is 53.1 Å². The lowest BCUT2D eigenvalue weighted by Gasteiger charge is -2.31. The summed E-state index contributed by atoms with van der Waals surface area (Å²) in [7, 11) is 1.55. The van der Waals surface area contributed by atoms with Crippen molar-refractivity contribution < 1.29 is 28.3 Å². The standard InChI is InChI=1S/C28H30N2O6/c1-18-23(19(2)36-29-18)17-34-25-13-11-21(16-26(25)33-4)12-14-27(31)35-20(3)28(32)30-15-7-9-22-8-5-6-10-24(22)30/h5-6,8,10-14,16,20H,7,9,15,17H2,1-4H3/b14-12+. The normalized spacial score (nSPS) is 13.8. The van der Waals surface area contributed by atoms with E-state index in [-0.39, 0.29) is 5.91 Å². The summed E-state index contributed by atoms with van der Waals surface area (Å²) < 4.78 is 21.9. The molecular weight excluding hydrogens is 460 g/mol. The fourth-order valence-electron chi connectivity index (χ4n) is 4.18. The number of benzene rings is 2. The molecule has 1 amide bonds. The molecule has 1 atom stereocenters. The van der Waals surface area contributed by atoms with Crippen molar-refractivity contribution in [2.24, 2.45) is 0 Å². The quantitative estimate of drug-likeness (QED) is 0.331. The van der Waals surface area contributed by atoms with Gasteiger partial charge in [-0.05, 0) is 69.0 Å². The molecule has 0 bridgehead atoms. The highest BCUT2D eigenvalue weighted by molar-refractivity contribution is 5.99. The molecule has 1 unspecified atom stereocenters. The number of hydrogen-bond donors (Lipinski definition) is 0. The van der Waals surface area contributed by atoms with Gasteiger partial charge in [0.2, 0.25) is 0 Å². The van der Waals surface area contributed by atoms with Crippen LogP contribution in [-0.4, -0.2) is 36.8 Å². The minimum atomic E-state index is -0.900. The predicted molar refractivity (Wildman–Crippen MR) is 135 cm³/mol.